The first-order valence-electron chi connectivity index (χ1n) is 7.82. The molecule has 2 heterocycles. The number of benzene rings is 2. The summed E-state index contributed by atoms with van der Waals surface area (Å²) >= 11 is 0. The fraction of sp³-hybridized carbons (Fsp3) is 0.222. The molecule has 0 radical (unpaired) electrons. The van der Waals surface area contributed by atoms with Crippen LogP contribution in [-0.2, 0) is 4.74 Å². The SMILES string of the molecule is O=C(c1n[nH]c2ccccc12)N1CCOC(c2cccc(F)c2)C1. The van der Waals surface area contributed by atoms with Crippen LogP contribution in [0.2, 0.25) is 0 Å². The monoisotopic (exact) mass is 325 g/mol. The quantitative estimate of drug-likeness (QED) is 0.788. The topological polar surface area (TPSA) is 58.2 Å². The van der Waals surface area contributed by atoms with Crippen LogP contribution >= 0.6 is 0 Å². The molecule has 1 N–H and O–H groups in total. The molecule has 0 spiro atoms. The lowest BCUT2D eigenvalue weighted by Crippen LogP contribution is -2.42. The van der Waals surface area contributed by atoms with Gasteiger partial charge in [-0.1, -0.05) is 30.3 Å². The zero-order valence-corrected chi connectivity index (χ0v) is 12.9. The van der Waals surface area contributed by atoms with Gasteiger partial charge in [0.05, 0.1) is 18.7 Å². The van der Waals surface area contributed by atoms with Gasteiger partial charge < -0.3 is 9.64 Å². The summed E-state index contributed by atoms with van der Waals surface area (Å²) in [5, 5.41) is 7.85. The number of aromatic nitrogens is 2. The van der Waals surface area contributed by atoms with Crippen LogP contribution in [0.3, 0.4) is 0 Å². The fourth-order valence-corrected chi connectivity index (χ4v) is 3.02. The summed E-state index contributed by atoms with van der Waals surface area (Å²) in [7, 11) is 0. The van der Waals surface area contributed by atoms with Crippen molar-refractivity contribution in [2.75, 3.05) is 19.7 Å². The van der Waals surface area contributed by atoms with Gasteiger partial charge in [-0.15, -0.1) is 0 Å². The minimum absolute atomic E-state index is 0.142. The maximum Gasteiger partial charge on any atom is 0.275 e. The number of amides is 1. The zero-order chi connectivity index (χ0) is 16.5. The van der Waals surface area contributed by atoms with E-state index in [2.05, 4.69) is 10.2 Å². The van der Waals surface area contributed by atoms with Gasteiger partial charge in [0, 0.05) is 11.9 Å². The van der Waals surface area contributed by atoms with Crippen LogP contribution in [0.25, 0.3) is 10.9 Å². The third-order valence-electron chi connectivity index (χ3n) is 4.25. The number of ether oxygens (including phenoxy) is 1. The van der Waals surface area contributed by atoms with Crippen LogP contribution in [0.15, 0.2) is 48.5 Å². The normalized spacial score (nSPS) is 18.0. The molecular formula is C18H16FN3O2. The molecule has 0 bridgehead atoms. The van der Waals surface area contributed by atoms with Gasteiger partial charge in [-0.05, 0) is 23.8 Å². The number of halogens is 1. The molecule has 0 saturated carbocycles. The summed E-state index contributed by atoms with van der Waals surface area (Å²) in [6, 6.07) is 13.8. The van der Waals surface area contributed by atoms with Crippen molar-refractivity contribution in [1.29, 1.82) is 0 Å². The number of carbonyl (C=O) groups excluding carboxylic acids is 1. The number of H-pyrrole nitrogens is 1. The summed E-state index contributed by atoms with van der Waals surface area (Å²) < 4.78 is 19.1. The van der Waals surface area contributed by atoms with Gasteiger partial charge in [-0.25, -0.2) is 4.39 Å². The molecule has 6 heteroatoms. The Bertz CT molecular complexity index is 893. The molecular weight excluding hydrogens is 309 g/mol. The average molecular weight is 325 g/mol. The van der Waals surface area contributed by atoms with Crippen LogP contribution in [0.1, 0.15) is 22.2 Å². The number of carbonyl (C=O) groups is 1. The molecule has 3 aromatic rings. The first-order valence-corrected chi connectivity index (χ1v) is 7.82. The highest BCUT2D eigenvalue weighted by Gasteiger charge is 2.28. The van der Waals surface area contributed by atoms with E-state index in [4.69, 9.17) is 4.74 Å². The van der Waals surface area contributed by atoms with Gasteiger partial charge in [-0.3, -0.25) is 9.89 Å². The highest BCUT2D eigenvalue weighted by Crippen LogP contribution is 2.25. The number of rotatable bonds is 2. The van der Waals surface area contributed by atoms with Gasteiger partial charge in [-0.2, -0.15) is 5.10 Å². The Morgan fingerprint density at radius 1 is 1.25 bits per heavy atom. The van der Waals surface area contributed by atoms with E-state index >= 15 is 0 Å². The van der Waals surface area contributed by atoms with Crippen molar-refractivity contribution in [2.45, 2.75) is 6.10 Å². The maximum absolute atomic E-state index is 13.4. The Morgan fingerprint density at radius 3 is 3.00 bits per heavy atom. The molecule has 1 amide bonds. The van der Waals surface area contributed by atoms with Crippen LogP contribution in [0.5, 0.6) is 0 Å². The Morgan fingerprint density at radius 2 is 2.12 bits per heavy atom. The third-order valence-corrected chi connectivity index (χ3v) is 4.25. The minimum Gasteiger partial charge on any atom is -0.370 e. The van der Waals surface area contributed by atoms with Gasteiger partial charge in [0.25, 0.3) is 5.91 Å². The number of hydrogen-bond acceptors (Lipinski definition) is 3. The second-order valence-corrected chi connectivity index (χ2v) is 5.78. The summed E-state index contributed by atoms with van der Waals surface area (Å²) in [5.74, 6) is -0.449. The fourth-order valence-electron chi connectivity index (χ4n) is 3.02. The molecule has 1 unspecified atom stereocenters. The van der Waals surface area contributed by atoms with E-state index in [-0.39, 0.29) is 17.8 Å². The molecule has 1 fully saturated rings. The predicted molar refractivity (Wildman–Crippen MR) is 87.1 cm³/mol. The predicted octanol–water partition coefficient (Wildman–Crippen LogP) is 2.92. The number of hydrogen-bond donors (Lipinski definition) is 1. The first-order chi connectivity index (χ1) is 11.7. The number of aromatic amines is 1. The summed E-state index contributed by atoms with van der Waals surface area (Å²) in [4.78, 5) is 14.5. The zero-order valence-electron chi connectivity index (χ0n) is 12.9. The molecule has 1 saturated heterocycles. The number of fused-ring (bicyclic) bond motifs is 1. The van der Waals surface area contributed by atoms with Crippen LogP contribution in [0.4, 0.5) is 4.39 Å². The first kappa shape index (κ1) is 14.8. The van der Waals surface area contributed by atoms with E-state index in [0.29, 0.717) is 25.4 Å². The third kappa shape index (κ3) is 2.65. The van der Waals surface area contributed by atoms with Crippen molar-refractivity contribution in [1.82, 2.24) is 15.1 Å². The second-order valence-electron chi connectivity index (χ2n) is 5.78. The van der Waals surface area contributed by atoms with E-state index in [9.17, 15) is 9.18 Å². The van der Waals surface area contributed by atoms with Gasteiger partial charge in [0.15, 0.2) is 5.69 Å². The van der Waals surface area contributed by atoms with E-state index in [0.717, 1.165) is 16.5 Å². The molecule has 1 aliphatic heterocycles. The van der Waals surface area contributed by atoms with Crippen LogP contribution in [-0.4, -0.2) is 40.7 Å². The van der Waals surface area contributed by atoms with Crippen molar-refractivity contribution in [2.24, 2.45) is 0 Å². The van der Waals surface area contributed by atoms with Crippen molar-refractivity contribution in [3.63, 3.8) is 0 Å². The number of para-hydroxylation sites is 1. The summed E-state index contributed by atoms with van der Waals surface area (Å²) in [6.07, 6.45) is -0.330. The molecule has 1 atom stereocenters. The molecule has 24 heavy (non-hydrogen) atoms. The van der Waals surface area contributed by atoms with Crippen LogP contribution < -0.4 is 0 Å². The minimum atomic E-state index is -0.330. The van der Waals surface area contributed by atoms with E-state index in [1.807, 2.05) is 30.3 Å². The molecule has 1 aromatic heterocycles. The highest BCUT2D eigenvalue weighted by molar-refractivity contribution is 6.04. The molecule has 122 valence electrons. The molecule has 2 aromatic carbocycles. The van der Waals surface area contributed by atoms with Crippen LogP contribution in [0, 0.1) is 5.82 Å². The Balaban J connectivity index is 1.58. The van der Waals surface area contributed by atoms with Gasteiger partial charge in [0.1, 0.15) is 11.9 Å². The van der Waals surface area contributed by atoms with E-state index < -0.39 is 0 Å². The van der Waals surface area contributed by atoms with Crippen molar-refractivity contribution < 1.29 is 13.9 Å². The Labute approximate surface area is 138 Å². The summed E-state index contributed by atoms with van der Waals surface area (Å²) in [5.41, 5.74) is 1.97. The molecule has 4 rings (SSSR count). The van der Waals surface area contributed by atoms with Gasteiger partial charge in [0.2, 0.25) is 0 Å². The molecule has 0 aliphatic carbocycles. The number of nitrogens with zero attached hydrogens (tertiary/aromatic N) is 2. The highest BCUT2D eigenvalue weighted by atomic mass is 19.1. The van der Waals surface area contributed by atoms with Crippen molar-refractivity contribution >= 4 is 16.8 Å². The van der Waals surface area contributed by atoms with Crippen molar-refractivity contribution in [3.05, 3.63) is 65.6 Å². The van der Waals surface area contributed by atoms with E-state index in [1.165, 1.54) is 12.1 Å². The standard InChI is InChI=1S/C18H16FN3O2/c19-13-5-3-4-12(10-13)16-11-22(8-9-24-16)18(23)17-14-6-1-2-7-15(14)20-21-17/h1-7,10,16H,8-9,11H2,(H,20,21). The lowest BCUT2D eigenvalue weighted by atomic mass is 10.1. The lowest BCUT2D eigenvalue weighted by molar-refractivity contribution is -0.0230. The molecule has 5 nitrogen and oxygen atoms in total. The largest absolute Gasteiger partial charge is 0.370 e. The Hall–Kier alpha value is -2.73. The summed E-state index contributed by atoms with van der Waals surface area (Å²) in [6.45, 7) is 1.28. The number of nitrogens with one attached hydrogen (secondary N) is 1. The number of morpholine rings is 1. The van der Waals surface area contributed by atoms with Gasteiger partial charge >= 0.3 is 0 Å². The van der Waals surface area contributed by atoms with Crippen molar-refractivity contribution in [3.8, 4) is 0 Å². The Kier molecular flexibility index (Phi) is 3.74. The average Bonchev–Trinajstić information content (AvgIpc) is 3.05. The second kappa shape index (κ2) is 6.05. The maximum atomic E-state index is 13.4. The van der Waals surface area contributed by atoms with E-state index in [1.54, 1.807) is 11.0 Å². The smallest absolute Gasteiger partial charge is 0.275 e. The lowest BCUT2D eigenvalue weighted by Gasteiger charge is -2.32. The molecule has 1 aliphatic rings.